The zero-order valence-corrected chi connectivity index (χ0v) is 13.1. The fraction of sp³-hybridized carbons (Fsp3) is 0.250. The van der Waals surface area contributed by atoms with E-state index >= 15 is 0 Å². The molecule has 2 aromatic carbocycles. The third kappa shape index (κ3) is 3.66. The Morgan fingerprint density at radius 3 is 2.52 bits per heavy atom. The van der Waals surface area contributed by atoms with Gasteiger partial charge in [-0.15, -0.1) is 0 Å². The smallest absolute Gasteiger partial charge is 0.159 e. The Balaban J connectivity index is 2.47. The summed E-state index contributed by atoms with van der Waals surface area (Å²) in [6.07, 6.45) is 0.843. The zero-order valence-electron chi connectivity index (χ0n) is 11.5. The van der Waals surface area contributed by atoms with Crippen LogP contribution in [-0.4, -0.2) is 6.54 Å². The maximum atomic E-state index is 14.3. The van der Waals surface area contributed by atoms with Crippen molar-refractivity contribution in [3.8, 4) is 0 Å². The first-order valence-corrected chi connectivity index (χ1v) is 7.46. The van der Waals surface area contributed by atoms with Crippen LogP contribution in [0.15, 0.2) is 40.9 Å². The lowest BCUT2D eigenvalue weighted by atomic mass is 9.98. The fourth-order valence-electron chi connectivity index (χ4n) is 2.13. The molecular formula is C16H15BrF3N. The number of benzene rings is 2. The van der Waals surface area contributed by atoms with E-state index in [1.807, 2.05) is 6.92 Å². The fourth-order valence-corrected chi connectivity index (χ4v) is 2.51. The minimum atomic E-state index is -0.939. The summed E-state index contributed by atoms with van der Waals surface area (Å²) in [5.74, 6) is -2.26. The van der Waals surface area contributed by atoms with Gasteiger partial charge in [-0.3, -0.25) is 0 Å². The number of halogens is 4. The van der Waals surface area contributed by atoms with Crippen LogP contribution in [0.4, 0.5) is 13.2 Å². The van der Waals surface area contributed by atoms with E-state index in [9.17, 15) is 13.2 Å². The number of rotatable bonds is 5. The Hall–Kier alpha value is -1.33. The topological polar surface area (TPSA) is 12.0 Å². The van der Waals surface area contributed by atoms with Crippen molar-refractivity contribution in [3.05, 3.63) is 69.4 Å². The first-order valence-electron chi connectivity index (χ1n) is 6.66. The predicted octanol–water partition coefficient (Wildman–Crippen LogP) is 4.96. The molecule has 0 aliphatic carbocycles. The Bertz CT molecular complexity index is 631. The summed E-state index contributed by atoms with van der Waals surface area (Å²) >= 11 is 3.14. The van der Waals surface area contributed by atoms with Gasteiger partial charge in [0.05, 0.1) is 10.5 Å². The minimum Gasteiger partial charge on any atom is -0.306 e. The Morgan fingerprint density at radius 2 is 1.86 bits per heavy atom. The van der Waals surface area contributed by atoms with Crippen molar-refractivity contribution in [1.82, 2.24) is 5.32 Å². The molecule has 0 heterocycles. The second-order valence-corrected chi connectivity index (χ2v) is 5.56. The van der Waals surface area contributed by atoms with Crippen molar-refractivity contribution >= 4 is 15.9 Å². The molecule has 0 aliphatic heterocycles. The lowest BCUT2D eigenvalue weighted by molar-refractivity contribution is 0.500. The highest BCUT2D eigenvalue weighted by molar-refractivity contribution is 9.10. The molecule has 0 aromatic heterocycles. The van der Waals surface area contributed by atoms with Gasteiger partial charge >= 0.3 is 0 Å². The van der Waals surface area contributed by atoms with E-state index < -0.39 is 23.5 Å². The van der Waals surface area contributed by atoms with Crippen LogP contribution in [0.3, 0.4) is 0 Å². The third-order valence-corrected chi connectivity index (χ3v) is 3.78. The molecule has 1 N–H and O–H groups in total. The van der Waals surface area contributed by atoms with Gasteiger partial charge in [0.25, 0.3) is 0 Å². The molecule has 0 amide bonds. The van der Waals surface area contributed by atoms with E-state index in [1.54, 1.807) is 18.2 Å². The van der Waals surface area contributed by atoms with Gasteiger partial charge in [-0.05, 0) is 52.7 Å². The zero-order chi connectivity index (χ0) is 15.4. The average molecular weight is 358 g/mol. The van der Waals surface area contributed by atoms with E-state index in [1.165, 1.54) is 6.07 Å². The van der Waals surface area contributed by atoms with E-state index in [0.717, 1.165) is 18.6 Å². The Labute approximate surface area is 130 Å². The number of hydrogen-bond acceptors (Lipinski definition) is 1. The largest absolute Gasteiger partial charge is 0.306 e. The van der Waals surface area contributed by atoms with Crippen LogP contribution < -0.4 is 5.32 Å². The maximum Gasteiger partial charge on any atom is 0.159 e. The summed E-state index contributed by atoms with van der Waals surface area (Å²) in [4.78, 5) is 0. The van der Waals surface area contributed by atoms with Gasteiger partial charge in [-0.25, -0.2) is 13.2 Å². The molecular weight excluding hydrogens is 343 g/mol. The lowest BCUT2D eigenvalue weighted by Gasteiger charge is -2.21. The van der Waals surface area contributed by atoms with Crippen LogP contribution in [0.1, 0.15) is 30.5 Å². The van der Waals surface area contributed by atoms with Gasteiger partial charge in [0.2, 0.25) is 0 Å². The van der Waals surface area contributed by atoms with Crippen LogP contribution in [0.25, 0.3) is 0 Å². The molecule has 0 aliphatic rings. The summed E-state index contributed by atoms with van der Waals surface area (Å²) in [5.41, 5.74) is 0.878. The molecule has 0 saturated carbocycles. The quantitative estimate of drug-likeness (QED) is 0.797. The van der Waals surface area contributed by atoms with Crippen LogP contribution in [0.2, 0.25) is 0 Å². The van der Waals surface area contributed by atoms with Gasteiger partial charge in [-0.2, -0.15) is 0 Å². The Morgan fingerprint density at radius 1 is 1.10 bits per heavy atom. The molecule has 5 heteroatoms. The highest BCUT2D eigenvalue weighted by Crippen LogP contribution is 2.29. The van der Waals surface area contributed by atoms with Crippen molar-refractivity contribution in [3.63, 3.8) is 0 Å². The van der Waals surface area contributed by atoms with E-state index in [-0.39, 0.29) is 0 Å². The van der Waals surface area contributed by atoms with Gasteiger partial charge in [-0.1, -0.05) is 25.1 Å². The summed E-state index contributed by atoms with van der Waals surface area (Å²) in [6.45, 7) is 2.61. The second-order valence-electron chi connectivity index (χ2n) is 4.70. The predicted molar refractivity (Wildman–Crippen MR) is 80.6 cm³/mol. The van der Waals surface area contributed by atoms with Crippen molar-refractivity contribution in [2.24, 2.45) is 0 Å². The van der Waals surface area contributed by atoms with E-state index in [0.29, 0.717) is 22.1 Å². The summed E-state index contributed by atoms with van der Waals surface area (Å²) in [7, 11) is 0. The first kappa shape index (κ1) is 16.0. The van der Waals surface area contributed by atoms with Crippen LogP contribution in [-0.2, 0) is 0 Å². The van der Waals surface area contributed by atoms with Crippen molar-refractivity contribution in [1.29, 1.82) is 0 Å². The van der Waals surface area contributed by atoms with Gasteiger partial charge in [0.15, 0.2) is 11.6 Å². The minimum absolute atomic E-state index is 0.339. The lowest BCUT2D eigenvalue weighted by Crippen LogP contribution is -2.24. The normalized spacial score (nSPS) is 12.4. The Kier molecular flexibility index (Phi) is 5.42. The molecule has 1 atom stereocenters. The highest BCUT2D eigenvalue weighted by Gasteiger charge is 2.20. The van der Waals surface area contributed by atoms with E-state index in [4.69, 9.17) is 0 Å². The molecule has 2 aromatic rings. The standard InChI is InChI=1S/C16H15BrF3N/c1-2-8-21-16(10-6-7-13(18)14(19)9-10)11-4-3-5-12(17)15(11)20/h3-7,9,16,21H,2,8H2,1H3. The van der Waals surface area contributed by atoms with Gasteiger partial charge < -0.3 is 5.32 Å². The number of hydrogen-bond donors (Lipinski definition) is 1. The van der Waals surface area contributed by atoms with Crippen molar-refractivity contribution in [2.75, 3.05) is 6.54 Å². The number of nitrogens with one attached hydrogen (secondary N) is 1. The van der Waals surface area contributed by atoms with E-state index in [2.05, 4.69) is 21.2 Å². The molecule has 21 heavy (non-hydrogen) atoms. The van der Waals surface area contributed by atoms with Gasteiger partial charge in [0.1, 0.15) is 5.82 Å². The molecule has 0 fully saturated rings. The molecule has 112 valence electrons. The molecule has 2 rings (SSSR count). The van der Waals surface area contributed by atoms with Gasteiger partial charge in [0, 0.05) is 5.56 Å². The molecule has 0 radical (unpaired) electrons. The van der Waals surface area contributed by atoms with Crippen molar-refractivity contribution in [2.45, 2.75) is 19.4 Å². The second kappa shape index (κ2) is 7.09. The third-order valence-electron chi connectivity index (χ3n) is 3.17. The SMILES string of the molecule is CCCNC(c1ccc(F)c(F)c1)c1cccc(Br)c1F. The molecule has 0 bridgehead atoms. The first-order chi connectivity index (χ1) is 10.0. The van der Waals surface area contributed by atoms with Crippen LogP contribution >= 0.6 is 15.9 Å². The maximum absolute atomic E-state index is 14.3. The highest BCUT2D eigenvalue weighted by atomic mass is 79.9. The monoisotopic (exact) mass is 357 g/mol. The summed E-state index contributed by atoms with van der Waals surface area (Å²) in [5, 5.41) is 3.17. The van der Waals surface area contributed by atoms with Crippen LogP contribution in [0, 0.1) is 17.5 Å². The summed E-state index contributed by atoms with van der Waals surface area (Å²) < 4.78 is 41.2. The summed E-state index contributed by atoms with van der Waals surface area (Å²) in [6, 6.07) is 8.03. The molecule has 1 nitrogen and oxygen atoms in total. The molecule has 0 spiro atoms. The average Bonchev–Trinajstić information content (AvgIpc) is 2.47. The molecule has 0 saturated heterocycles. The van der Waals surface area contributed by atoms with Crippen molar-refractivity contribution < 1.29 is 13.2 Å². The van der Waals surface area contributed by atoms with Crippen LogP contribution in [0.5, 0.6) is 0 Å². The molecule has 1 unspecified atom stereocenters.